The van der Waals surface area contributed by atoms with Crippen molar-refractivity contribution < 1.29 is 18.7 Å². The number of carbonyl (C=O) groups is 1. The first kappa shape index (κ1) is 18.6. The first-order valence-electron chi connectivity index (χ1n) is 8.81. The van der Waals surface area contributed by atoms with Crippen LogP contribution in [0.25, 0.3) is 11.1 Å². The summed E-state index contributed by atoms with van der Waals surface area (Å²) < 4.78 is 16.2. The van der Waals surface area contributed by atoms with E-state index in [0.717, 1.165) is 16.7 Å². The van der Waals surface area contributed by atoms with E-state index in [9.17, 15) is 4.79 Å². The molecule has 1 amide bonds. The molecule has 140 valence electrons. The minimum atomic E-state index is -0.142. The third-order valence-electron chi connectivity index (χ3n) is 4.43. The summed E-state index contributed by atoms with van der Waals surface area (Å²) in [5.41, 5.74) is 2.71. The topological polar surface area (TPSA) is 51.9 Å². The van der Waals surface area contributed by atoms with Gasteiger partial charge in [-0.2, -0.15) is 0 Å². The van der Waals surface area contributed by atoms with Gasteiger partial charge in [-0.1, -0.05) is 36.4 Å². The van der Waals surface area contributed by atoms with Crippen LogP contribution in [0.5, 0.6) is 11.5 Å². The lowest BCUT2D eigenvalue weighted by Gasteiger charge is -2.21. The molecule has 2 aromatic carbocycles. The van der Waals surface area contributed by atoms with Gasteiger partial charge in [0.05, 0.1) is 20.5 Å². The third-order valence-corrected chi connectivity index (χ3v) is 4.43. The molecule has 0 aliphatic rings. The Morgan fingerprint density at radius 2 is 1.74 bits per heavy atom. The first-order valence-corrected chi connectivity index (χ1v) is 8.81. The molecule has 0 saturated carbocycles. The molecule has 0 bridgehead atoms. The van der Waals surface area contributed by atoms with Crippen molar-refractivity contribution in [1.82, 2.24) is 4.90 Å². The first-order chi connectivity index (χ1) is 13.2. The fourth-order valence-corrected chi connectivity index (χ4v) is 2.99. The smallest absolute Gasteiger partial charge is 0.290 e. The van der Waals surface area contributed by atoms with Crippen molar-refractivity contribution >= 4 is 5.91 Å². The molecule has 0 unspecified atom stereocenters. The van der Waals surface area contributed by atoms with Gasteiger partial charge < -0.3 is 18.8 Å². The van der Waals surface area contributed by atoms with Crippen molar-refractivity contribution in [3.8, 4) is 22.6 Å². The number of nitrogens with zero attached hydrogens (tertiary/aromatic N) is 1. The van der Waals surface area contributed by atoms with E-state index in [-0.39, 0.29) is 5.91 Å². The van der Waals surface area contributed by atoms with Gasteiger partial charge >= 0.3 is 0 Å². The van der Waals surface area contributed by atoms with Crippen molar-refractivity contribution in [2.75, 3.05) is 20.8 Å². The zero-order valence-corrected chi connectivity index (χ0v) is 15.8. The SMILES string of the molecule is CCN(Cc1ccc(OC)c(OC)c1)C(=O)c1occc1-c1ccccc1. The number of rotatable bonds is 7. The Morgan fingerprint density at radius 3 is 2.41 bits per heavy atom. The van der Waals surface area contributed by atoms with E-state index in [4.69, 9.17) is 13.9 Å². The molecule has 3 rings (SSSR count). The van der Waals surface area contributed by atoms with Crippen LogP contribution in [-0.4, -0.2) is 31.6 Å². The molecule has 0 radical (unpaired) electrons. The van der Waals surface area contributed by atoms with Crippen molar-refractivity contribution in [3.05, 3.63) is 72.2 Å². The maximum atomic E-state index is 13.1. The fraction of sp³-hybridized carbons (Fsp3) is 0.227. The van der Waals surface area contributed by atoms with Crippen LogP contribution in [0.4, 0.5) is 0 Å². The van der Waals surface area contributed by atoms with Crippen molar-refractivity contribution in [2.24, 2.45) is 0 Å². The summed E-state index contributed by atoms with van der Waals surface area (Å²) in [4.78, 5) is 14.8. The van der Waals surface area contributed by atoms with Crippen LogP contribution in [0.2, 0.25) is 0 Å². The average Bonchev–Trinajstić information content (AvgIpc) is 3.21. The maximum absolute atomic E-state index is 13.1. The fourth-order valence-electron chi connectivity index (χ4n) is 2.99. The lowest BCUT2D eigenvalue weighted by molar-refractivity contribution is 0.0721. The average molecular weight is 365 g/mol. The number of amides is 1. The Bertz CT molecular complexity index is 902. The quantitative estimate of drug-likeness (QED) is 0.613. The number of benzene rings is 2. The zero-order chi connectivity index (χ0) is 19.2. The van der Waals surface area contributed by atoms with Crippen molar-refractivity contribution in [3.63, 3.8) is 0 Å². The van der Waals surface area contributed by atoms with Crippen LogP contribution < -0.4 is 9.47 Å². The van der Waals surface area contributed by atoms with Crippen LogP contribution in [0.1, 0.15) is 23.0 Å². The molecule has 5 nitrogen and oxygen atoms in total. The number of furan rings is 1. The third kappa shape index (κ3) is 3.97. The van der Waals surface area contributed by atoms with Gasteiger partial charge in [-0.25, -0.2) is 0 Å². The molecular formula is C22H23NO4. The van der Waals surface area contributed by atoms with Gasteiger partial charge in [-0.3, -0.25) is 4.79 Å². The summed E-state index contributed by atoms with van der Waals surface area (Å²) in [5.74, 6) is 1.51. The van der Waals surface area contributed by atoms with Gasteiger partial charge in [-0.15, -0.1) is 0 Å². The van der Waals surface area contributed by atoms with Crippen molar-refractivity contribution in [2.45, 2.75) is 13.5 Å². The van der Waals surface area contributed by atoms with Gasteiger partial charge in [-0.05, 0) is 36.2 Å². The molecule has 1 heterocycles. The number of hydrogen-bond donors (Lipinski definition) is 0. The zero-order valence-electron chi connectivity index (χ0n) is 15.8. The van der Waals surface area contributed by atoms with Gasteiger partial charge in [0, 0.05) is 18.7 Å². The van der Waals surface area contributed by atoms with E-state index in [2.05, 4.69) is 0 Å². The second-order valence-corrected chi connectivity index (χ2v) is 6.04. The van der Waals surface area contributed by atoms with Crippen LogP contribution in [0.15, 0.2) is 65.3 Å². The number of hydrogen-bond acceptors (Lipinski definition) is 4. The Kier molecular flexibility index (Phi) is 5.81. The number of carbonyl (C=O) groups excluding carboxylic acids is 1. The summed E-state index contributed by atoms with van der Waals surface area (Å²) in [6.07, 6.45) is 1.56. The number of methoxy groups -OCH3 is 2. The summed E-state index contributed by atoms with van der Waals surface area (Å²) in [7, 11) is 3.20. The van der Waals surface area contributed by atoms with Gasteiger partial charge in [0.2, 0.25) is 0 Å². The second kappa shape index (κ2) is 8.45. The molecule has 27 heavy (non-hydrogen) atoms. The van der Waals surface area contributed by atoms with Gasteiger partial charge in [0.15, 0.2) is 17.3 Å². The van der Waals surface area contributed by atoms with E-state index in [0.29, 0.717) is 30.3 Å². The highest BCUT2D eigenvalue weighted by atomic mass is 16.5. The molecule has 0 atom stereocenters. The molecule has 0 aliphatic carbocycles. The largest absolute Gasteiger partial charge is 0.493 e. The van der Waals surface area contributed by atoms with E-state index in [1.165, 1.54) is 0 Å². The predicted molar refractivity (Wildman–Crippen MR) is 104 cm³/mol. The van der Waals surface area contributed by atoms with Gasteiger partial charge in [0.25, 0.3) is 5.91 Å². The lowest BCUT2D eigenvalue weighted by atomic mass is 10.1. The summed E-state index contributed by atoms with van der Waals surface area (Å²) in [6.45, 7) is 2.95. The summed E-state index contributed by atoms with van der Waals surface area (Å²) in [6, 6.07) is 17.2. The normalized spacial score (nSPS) is 10.5. The molecule has 0 fully saturated rings. The highest BCUT2D eigenvalue weighted by Crippen LogP contribution is 2.29. The lowest BCUT2D eigenvalue weighted by Crippen LogP contribution is -2.30. The van der Waals surface area contributed by atoms with Crippen LogP contribution in [-0.2, 0) is 6.54 Å². The van der Waals surface area contributed by atoms with Crippen LogP contribution >= 0.6 is 0 Å². The Hall–Kier alpha value is -3.21. The Labute approximate surface area is 159 Å². The highest BCUT2D eigenvalue weighted by Gasteiger charge is 2.22. The van der Waals surface area contributed by atoms with E-state index in [1.807, 2.05) is 61.5 Å². The predicted octanol–water partition coefficient (Wildman–Crippen LogP) is 4.63. The molecule has 0 aliphatic heterocycles. The molecule has 0 N–H and O–H groups in total. The van der Waals surface area contributed by atoms with Gasteiger partial charge in [0.1, 0.15) is 0 Å². The summed E-state index contributed by atoms with van der Waals surface area (Å²) in [5, 5.41) is 0. The van der Waals surface area contributed by atoms with Crippen LogP contribution in [0, 0.1) is 0 Å². The molecule has 1 aromatic heterocycles. The molecule has 0 saturated heterocycles. The highest BCUT2D eigenvalue weighted by molar-refractivity contribution is 5.98. The van der Waals surface area contributed by atoms with E-state index in [1.54, 1.807) is 25.4 Å². The summed E-state index contributed by atoms with van der Waals surface area (Å²) >= 11 is 0. The van der Waals surface area contributed by atoms with Crippen molar-refractivity contribution in [1.29, 1.82) is 0 Å². The minimum Gasteiger partial charge on any atom is -0.493 e. The molecule has 3 aromatic rings. The van der Waals surface area contributed by atoms with E-state index >= 15 is 0 Å². The minimum absolute atomic E-state index is 0.142. The monoisotopic (exact) mass is 365 g/mol. The molecule has 5 heteroatoms. The maximum Gasteiger partial charge on any atom is 0.290 e. The van der Waals surface area contributed by atoms with E-state index < -0.39 is 0 Å². The van der Waals surface area contributed by atoms with Crippen LogP contribution in [0.3, 0.4) is 0 Å². The standard InChI is InChI=1S/C22H23NO4/c1-4-23(15-16-10-11-19(25-2)20(14-16)26-3)22(24)21-18(12-13-27-21)17-8-6-5-7-9-17/h5-14H,4,15H2,1-3H3. The second-order valence-electron chi connectivity index (χ2n) is 6.04. The Morgan fingerprint density at radius 1 is 1.00 bits per heavy atom. The molecule has 0 spiro atoms. The number of ether oxygens (including phenoxy) is 2. The molecular weight excluding hydrogens is 342 g/mol. The Balaban J connectivity index is 1.85.